The molecule has 0 bridgehead atoms. The highest BCUT2D eigenvalue weighted by Gasteiger charge is 2.21. The van der Waals surface area contributed by atoms with E-state index in [9.17, 15) is 13.2 Å². The molecule has 0 radical (unpaired) electrons. The summed E-state index contributed by atoms with van der Waals surface area (Å²) in [4.78, 5) is 11.3. The van der Waals surface area contributed by atoms with Crippen molar-refractivity contribution in [2.75, 3.05) is 30.8 Å². The first-order chi connectivity index (χ1) is 9.79. The molecule has 1 aromatic carbocycles. The molecule has 1 rings (SSSR count). The maximum absolute atomic E-state index is 12.0. The van der Waals surface area contributed by atoms with Crippen LogP contribution in [-0.4, -0.2) is 40.8 Å². The van der Waals surface area contributed by atoms with E-state index >= 15 is 0 Å². The molecule has 6 nitrogen and oxygen atoms in total. The van der Waals surface area contributed by atoms with Crippen LogP contribution >= 0.6 is 0 Å². The third-order valence-electron chi connectivity index (χ3n) is 2.96. The molecule has 0 aromatic heterocycles. The van der Waals surface area contributed by atoms with Crippen molar-refractivity contribution in [2.24, 2.45) is 0 Å². The van der Waals surface area contributed by atoms with Gasteiger partial charge in [0.25, 0.3) is 0 Å². The first kappa shape index (κ1) is 17.3. The third-order valence-corrected chi connectivity index (χ3v) is 4.14. The van der Waals surface area contributed by atoms with Crippen LogP contribution in [0.2, 0.25) is 0 Å². The second-order valence-electron chi connectivity index (χ2n) is 4.71. The molecular weight excluding hydrogens is 292 g/mol. The van der Waals surface area contributed by atoms with Gasteiger partial charge in [-0.25, -0.2) is 8.42 Å². The van der Waals surface area contributed by atoms with Crippen molar-refractivity contribution >= 4 is 21.6 Å². The number of nitrogens with zero attached hydrogens (tertiary/aromatic N) is 1. The van der Waals surface area contributed by atoms with Crippen molar-refractivity contribution in [3.63, 3.8) is 0 Å². The lowest BCUT2D eigenvalue weighted by Crippen LogP contribution is -2.38. The van der Waals surface area contributed by atoms with Crippen molar-refractivity contribution in [1.29, 1.82) is 0 Å². The molecule has 7 heteroatoms. The number of ether oxygens (including phenoxy) is 1. The van der Waals surface area contributed by atoms with E-state index in [1.165, 1.54) is 11.4 Å². The van der Waals surface area contributed by atoms with Crippen LogP contribution in [0, 0.1) is 6.92 Å². The summed E-state index contributed by atoms with van der Waals surface area (Å²) in [5.41, 5.74) is 1.41. The van der Waals surface area contributed by atoms with E-state index in [2.05, 4.69) is 5.32 Å². The van der Waals surface area contributed by atoms with Gasteiger partial charge in [-0.1, -0.05) is 13.0 Å². The molecule has 1 amide bonds. The standard InChI is InChI=1S/C14H22N2O4S/c1-5-14(17)15-8-9-16(21(4,18)19)12-10-11(2)6-7-13(12)20-3/h6-7,10H,5,8-9H2,1-4H3,(H,15,17). The molecule has 1 N–H and O–H groups in total. The Labute approximate surface area is 126 Å². The monoisotopic (exact) mass is 314 g/mol. The Balaban J connectivity index is 3.04. The lowest BCUT2D eigenvalue weighted by molar-refractivity contribution is -0.120. The van der Waals surface area contributed by atoms with Gasteiger partial charge in [-0.2, -0.15) is 0 Å². The van der Waals surface area contributed by atoms with Crippen LogP contribution in [0.25, 0.3) is 0 Å². The van der Waals surface area contributed by atoms with Crippen LogP contribution in [0.4, 0.5) is 5.69 Å². The van der Waals surface area contributed by atoms with Gasteiger partial charge in [0.05, 0.1) is 25.6 Å². The summed E-state index contributed by atoms with van der Waals surface area (Å²) < 4.78 is 30.5. The Bertz CT molecular complexity index is 599. The number of hydrogen-bond donors (Lipinski definition) is 1. The first-order valence-electron chi connectivity index (χ1n) is 6.68. The van der Waals surface area contributed by atoms with Gasteiger partial charge in [-0.3, -0.25) is 9.10 Å². The number of carbonyl (C=O) groups is 1. The number of aryl methyl sites for hydroxylation is 1. The van der Waals surface area contributed by atoms with Crippen molar-refractivity contribution in [1.82, 2.24) is 5.32 Å². The summed E-state index contributed by atoms with van der Waals surface area (Å²) in [7, 11) is -1.98. The molecule has 0 atom stereocenters. The first-order valence-corrected chi connectivity index (χ1v) is 8.53. The second kappa shape index (κ2) is 7.31. The Hall–Kier alpha value is -1.76. The van der Waals surface area contributed by atoms with Gasteiger partial charge in [0.15, 0.2) is 0 Å². The van der Waals surface area contributed by atoms with Gasteiger partial charge in [0, 0.05) is 13.0 Å². The highest BCUT2D eigenvalue weighted by atomic mass is 32.2. The minimum Gasteiger partial charge on any atom is -0.495 e. The normalized spacial score (nSPS) is 11.0. The predicted molar refractivity (Wildman–Crippen MR) is 83.2 cm³/mol. The predicted octanol–water partition coefficient (Wildman–Crippen LogP) is 1.30. The molecule has 0 heterocycles. The Kier molecular flexibility index (Phi) is 6.02. The lowest BCUT2D eigenvalue weighted by Gasteiger charge is -2.24. The summed E-state index contributed by atoms with van der Waals surface area (Å²) >= 11 is 0. The van der Waals surface area contributed by atoms with E-state index in [1.54, 1.807) is 19.1 Å². The zero-order valence-corrected chi connectivity index (χ0v) is 13.7. The molecule has 0 spiro atoms. The van der Waals surface area contributed by atoms with Crippen LogP contribution in [-0.2, 0) is 14.8 Å². The molecule has 21 heavy (non-hydrogen) atoms. The van der Waals surface area contributed by atoms with Gasteiger partial charge in [-0.15, -0.1) is 0 Å². The van der Waals surface area contributed by atoms with Crippen LogP contribution in [0.1, 0.15) is 18.9 Å². The van der Waals surface area contributed by atoms with Crippen molar-refractivity contribution < 1.29 is 17.9 Å². The van der Waals surface area contributed by atoms with Crippen molar-refractivity contribution in [2.45, 2.75) is 20.3 Å². The van der Waals surface area contributed by atoms with Gasteiger partial charge in [0.1, 0.15) is 5.75 Å². The minimum absolute atomic E-state index is 0.111. The molecule has 1 aromatic rings. The summed E-state index contributed by atoms with van der Waals surface area (Å²) in [6.45, 7) is 4.02. The molecule has 0 aliphatic rings. The molecule has 0 saturated carbocycles. The number of hydrogen-bond acceptors (Lipinski definition) is 4. The average molecular weight is 314 g/mol. The summed E-state index contributed by atoms with van der Waals surface area (Å²) in [5, 5.41) is 2.67. The fourth-order valence-electron chi connectivity index (χ4n) is 1.88. The number of carbonyl (C=O) groups excluding carboxylic acids is 1. The number of amides is 1. The molecule has 0 unspecified atom stereocenters. The maximum Gasteiger partial charge on any atom is 0.232 e. The molecule has 0 aliphatic heterocycles. The van der Waals surface area contributed by atoms with E-state index in [4.69, 9.17) is 4.74 Å². The minimum atomic E-state index is -3.47. The highest BCUT2D eigenvalue weighted by molar-refractivity contribution is 7.92. The Morgan fingerprint density at radius 1 is 1.38 bits per heavy atom. The van der Waals surface area contributed by atoms with Gasteiger partial charge in [-0.05, 0) is 24.6 Å². The van der Waals surface area contributed by atoms with E-state index in [0.717, 1.165) is 11.8 Å². The van der Waals surface area contributed by atoms with Crippen LogP contribution < -0.4 is 14.4 Å². The fraction of sp³-hybridized carbons (Fsp3) is 0.500. The summed E-state index contributed by atoms with van der Waals surface area (Å²) in [5.74, 6) is 0.368. The quantitative estimate of drug-likeness (QED) is 0.823. The molecule has 0 saturated heterocycles. The topological polar surface area (TPSA) is 75.7 Å². The molecule has 0 fully saturated rings. The number of rotatable bonds is 7. The zero-order valence-electron chi connectivity index (χ0n) is 12.8. The van der Waals surface area contributed by atoms with E-state index in [0.29, 0.717) is 17.9 Å². The van der Waals surface area contributed by atoms with Gasteiger partial charge < -0.3 is 10.1 Å². The maximum atomic E-state index is 12.0. The van der Waals surface area contributed by atoms with Gasteiger partial charge in [0.2, 0.25) is 15.9 Å². The Morgan fingerprint density at radius 3 is 2.57 bits per heavy atom. The number of benzene rings is 1. The number of nitrogens with one attached hydrogen (secondary N) is 1. The summed E-state index contributed by atoms with van der Waals surface area (Å²) in [6.07, 6.45) is 1.50. The molecule has 0 aliphatic carbocycles. The van der Waals surface area contributed by atoms with Crippen LogP contribution in [0.3, 0.4) is 0 Å². The lowest BCUT2D eigenvalue weighted by atomic mass is 10.2. The highest BCUT2D eigenvalue weighted by Crippen LogP contribution is 2.30. The number of anilines is 1. The average Bonchev–Trinajstić information content (AvgIpc) is 2.41. The smallest absolute Gasteiger partial charge is 0.232 e. The zero-order chi connectivity index (χ0) is 16.0. The molecular formula is C14H22N2O4S. The van der Waals surface area contributed by atoms with Crippen LogP contribution in [0.5, 0.6) is 5.75 Å². The second-order valence-corrected chi connectivity index (χ2v) is 6.62. The molecule has 118 valence electrons. The van der Waals surface area contributed by atoms with E-state index in [-0.39, 0.29) is 19.0 Å². The van der Waals surface area contributed by atoms with Crippen molar-refractivity contribution in [3.8, 4) is 5.75 Å². The summed E-state index contributed by atoms with van der Waals surface area (Å²) in [6, 6.07) is 5.33. The largest absolute Gasteiger partial charge is 0.495 e. The fourth-order valence-corrected chi connectivity index (χ4v) is 2.80. The van der Waals surface area contributed by atoms with E-state index in [1.807, 2.05) is 13.0 Å². The number of sulfonamides is 1. The number of methoxy groups -OCH3 is 1. The van der Waals surface area contributed by atoms with Crippen LogP contribution in [0.15, 0.2) is 18.2 Å². The van der Waals surface area contributed by atoms with Crippen molar-refractivity contribution in [3.05, 3.63) is 23.8 Å². The Morgan fingerprint density at radius 2 is 2.05 bits per heavy atom. The van der Waals surface area contributed by atoms with E-state index < -0.39 is 10.0 Å². The SMILES string of the molecule is CCC(=O)NCCN(c1cc(C)ccc1OC)S(C)(=O)=O. The van der Waals surface area contributed by atoms with Gasteiger partial charge >= 0.3 is 0 Å². The third kappa shape index (κ3) is 4.93.